The molecule has 1 aliphatic heterocycles. The van der Waals surface area contributed by atoms with Crippen LogP contribution in [0.1, 0.15) is 34.2 Å². The number of carbonyl (C=O) groups is 1. The standard InChI is InChI=1S/C19H18N8O/c1-26-11-16(23-25-26)18(28)22-19-21-17-7-5-14(10-27(17)24-19)12-4-6-15-13(9-12)3-2-8-20-15/h2-4,6,8-9,11,14H,5,7,10H2,1H3,(H,22,24,28). The summed E-state index contributed by atoms with van der Waals surface area (Å²) in [5.74, 6) is 1.17. The number of amides is 1. The van der Waals surface area contributed by atoms with Gasteiger partial charge < -0.3 is 0 Å². The minimum atomic E-state index is -0.366. The first kappa shape index (κ1) is 16.5. The molecule has 1 N–H and O–H groups in total. The second-order valence-corrected chi connectivity index (χ2v) is 6.96. The average molecular weight is 374 g/mol. The fraction of sp³-hybridized carbons (Fsp3) is 0.263. The molecular weight excluding hydrogens is 356 g/mol. The number of nitrogens with zero attached hydrogens (tertiary/aromatic N) is 7. The maximum Gasteiger partial charge on any atom is 0.280 e. The lowest BCUT2D eigenvalue weighted by molar-refractivity contribution is 0.102. The largest absolute Gasteiger partial charge is 0.288 e. The lowest BCUT2D eigenvalue weighted by atomic mass is 9.91. The van der Waals surface area contributed by atoms with Gasteiger partial charge in [-0.15, -0.1) is 10.2 Å². The van der Waals surface area contributed by atoms with Crippen molar-refractivity contribution in [3.05, 3.63) is 59.8 Å². The number of benzene rings is 1. The van der Waals surface area contributed by atoms with Crippen LogP contribution in [0.25, 0.3) is 10.9 Å². The van der Waals surface area contributed by atoms with Gasteiger partial charge in [-0.1, -0.05) is 17.3 Å². The Kier molecular flexibility index (Phi) is 3.85. The van der Waals surface area contributed by atoms with Crippen molar-refractivity contribution in [2.45, 2.75) is 25.3 Å². The molecule has 140 valence electrons. The van der Waals surface area contributed by atoms with Crippen LogP contribution in [0.4, 0.5) is 5.95 Å². The van der Waals surface area contributed by atoms with Gasteiger partial charge in [-0.25, -0.2) is 4.68 Å². The van der Waals surface area contributed by atoms with Crippen molar-refractivity contribution in [1.29, 1.82) is 0 Å². The molecule has 0 saturated heterocycles. The van der Waals surface area contributed by atoms with E-state index in [4.69, 9.17) is 0 Å². The molecule has 1 aromatic carbocycles. The zero-order valence-electron chi connectivity index (χ0n) is 15.3. The Morgan fingerprint density at radius 2 is 2.21 bits per heavy atom. The number of anilines is 1. The highest BCUT2D eigenvalue weighted by Crippen LogP contribution is 2.30. The summed E-state index contributed by atoms with van der Waals surface area (Å²) in [6.45, 7) is 0.731. The molecule has 0 saturated carbocycles. The first-order valence-electron chi connectivity index (χ1n) is 9.12. The van der Waals surface area contributed by atoms with Gasteiger partial charge in [-0.05, 0) is 30.2 Å². The molecule has 4 heterocycles. The van der Waals surface area contributed by atoms with E-state index in [0.717, 1.165) is 36.1 Å². The average Bonchev–Trinajstić information content (AvgIpc) is 3.32. The van der Waals surface area contributed by atoms with Crippen molar-refractivity contribution in [3.8, 4) is 0 Å². The number of aromatic nitrogens is 7. The topological polar surface area (TPSA) is 103 Å². The monoisotopic (exact) mass is 374 g/mol. The molecule has 28 heavy (non-hydrogen) atoms. The summed E-state index contributed by atoms with van der Waals surface area (Å²) < 4.78 is 3.36. The Hall–Kier alpha value is -3.62. The number of carbonyl (C=O) groups excluding carboxylic acids is 1. The van der Waals surface area contributed by atoms with Crippen LogP contribution in [0.15, 0.2) is 42.7 Å². The Labute approximate surface area is 160 Å². The SMILES string of the molecule is Cn1cc(C(=O)Nc2nc3n(n2)CC(c2ccc4ncccc4c2)CC3)nn1. The smallest absolute Gasteiger partial charge is 0.280 e. The molecule has 9 heteroatoms. The Morgan fingerprint density at radius 1 is 1.29 bits per heavy atom. The van der Waals surface area contributed by atoms with E-state index < -0.39 is 0 Å². The maximum absolute atomic E-state index is 12.2. The predicted molar refractivity (Wildman–Crippen MR) is 102 cm³/mol. The maximum atomic E-state index is 12.2. The molecule has 1 amide bonds. The van der Waals surface area contributed by atoms with Gasteiger partial charge in [0.2, 0.25) is 5.95 Å². The van der Waals surface area contributed by atoms with E-state index in [1.54, 1.807) is 19.4 Å². The predicted octanol–water partition coefficient (Wildman–Crippen LogP) is 1.94. The van der Waals surface area contributed by atoms with Crippen LogP contribution >= 0.6 is 0 Å². The van der Waals surface area contributed by atoms with E-state index in [2.05, 4.69) is 55.0 Å². The normalized spacial score (nSPS) is 16.1. The molecule has 0 radical (unpaired) electrons. The van der Waals surface area contributed by atoms with Gasteiger partial charge in [0.05, 0.1) is 11.7 Å². The lowest BCUT2D eigenvalue weighted by Crippen LogP contribution is -2.20. The number of hydrogen-bond donors (Lipinski definition) is 1. The molecule has 1 atom stereocenters. The van der Waals surface area contributed by atoms with Crippen molar-refractivity contribution >= 4 is 22.8 Å². The van der Waals surface area contributed by atoms with Crippen LogP contribution in [0, 0.1) is 0 Å². The van der Waals surface area contributed by atoms with E-state index in [1.807, 2.05) is 10.7 Å². The Balaban J connectivity index is 1.35. The van der Waals surface area contributed by atoms with Gasteiger partial charge in [0.15, 0.2) is 5.69 Å². The van der Waals surface area contributed by atoms with Gasteiger partial charge >= 0.3 is 0 Å². The second-order valence-electron chi connectivity index (χ2n) is 6.96. The number of hydrogen-bond acceptors (Lipinski definition) is 6. The zero-order chi connectivity index (χ0) is 19.1. The molecule has 0 bridgehead atoms. The van der Waals surface area contributed by atoms with Crippen molar-refractivity contribution < 1.29 is 4.79 Å². The third-order valence-electron chi connectivity index (χ3n) is 5.02. The molecule has 3 aromatic heterocycles. The molecule has 0 spiro atoms. The third-order valence-corrected chi connectivity index (χ3v) is 5.02. The van der Waals surface area contributed by atoms with E-state index in [1.165, 1.54) is 10.2 Å². The lowest BCUT2D eigenvalue weighted by Gasteiger charge is -2.23. The summed E-state index contributed by atoms with van der Waals surface area (Å²) in [6, 6.07) is 10.4. The fourth-order valence-electron chi connectivity index (χ4n) is 3.60. The third kappa shape index (κ3) is 3.00. The first-order valence-corrected chi connectivity index (χ1v) is 9.12. The van der Waals surface area contributed by atoms with Gasteiger partial charge in [-0.2, -0.15) is 4.98 Å². The minimum Gasteiger partial charge on any atom is -0.288 e. The quantitative estimate of drug-likeness (QED) is 0.588. The number of rotatable bonds is 3. The summed E-state index contributed by atoms with van der Waals surface area (Å²) >= 11 is 0. The number of fused-ring (bicyclic) bond motifs is 2. The zero-order valence-corrected chi connectivity index (χ0v) is 15.3. The number of aryl methyl sites for hydroxylation is 2. The summed E-state index contributed by atoms with van der Waals surface area (Å²) in [5.41, 5.74) is 2.50. The van der Waals surface area contributed by atoms with Gasteiger partial charge in [0.1, 0.15) is 5.82 Å². The molecule has 4 aromatic rings. The minimum absolute atomic E-state index is 0.234. The molecule has 1 unspecified atom stereocenters. The first-order chi connectivity index (χ1) is 13.7. The van der Waals surface area contributed by atoms with Gasteiger partial charge in [-0.3, -0.25) is 19.8 Å². The molecule has 0 fully saturated rings. The molecular formula is C19H18N8O. The molecule has 5 rings (SSSR count). The van der Waals surface area contributed by atoms with E-state index in [-0.39, 0.29) is 11.6 Å². The van der Waals surface area contributed by atoms with Crippen LogP contribution in [0.3, 0.4) is 0 Å². The summed E-state index contributed by atoms with van der Waals surface area (Å²) in [7, 11) is 1.71. The molecule has 9 nitrogen and oxygen atoms in total. The van der Waals surface area contributed by atoms with Crippen LogP contribution in [0.5, 0.6) is 0 Å². The van der Waals surface area contributed by atoms with E-state index >= 15 is 0 Å². The highest BCUT2D eigenvalue weighted by Gasteiger charge is 2.24. The Morgan fingerprint density at radius 3 is 3.07 bits per heavy atom. The number of nitrogens with one attached hydrogen (secondary N) is 1. The van der Waals surface area contributed by atoms with Crippen LogP contribution in [-0.2, 0) is 20.0 Å². The van der Waals surface area contributed by atoms with Gasteiger partial charge in [0.25, 0.3) is 5.91 Å². The fourth-order valence-corrected chi connectivity index (χ4v) is 3.60. The van der Waals surface area contributed by atoms with Crippen LogP contribution < -0.4 is 5.32 Å². The molecule has 0 aliphatic carbocycles. The highest BCUT2D eigenvalue weighted by atomic mass is 16.2. The number of pyridine rings is 1. The van der Waals surface area contributed by atoms with Crippen molar-refractivity contribution in [2.75, 3.05) is 5.32 Å². The van der Waals surface area contributed by atoms with Crippen molar-refractivity contribution in [2.24, 2.45) is 7.05 Å². The van der Waals surface area contributed by atoms with Crippen molar-refractivity contribution in [1.82, 2.24) is 34.7 Å². The van der Waals surface area contributed by atoms with E-state index in [9.17, 15) is 4.79 Å². The Bertz CT molecular complexity index is 1180. The summed E-state index contributed by atoms with van der Waals surface area (Å²) in [4.78, 5) is 21.1. The second kappa shape index (κ2) is 6.52. The highest BCUT2D eigenvalue weighted by molar-refractivity contribution is 6.01. The molecule has 1 aliphatic rings. The van der Waals surface area contributed by atoms with Crippen molar-refractivity contribution in [3.63, 3.8) is 0 Å². The van der Waals surface area contributed by atoms with Gasteiger partial charge in [0, 0.05) is 37.5 Å². The summed E-state index contributed by atoms with van der Waals surface area (Å²) in [5, 5.41) is 15.9. The van der Waals surface area contributed by atoms with Crippen LogP contribution in [0.2, 0.25) is 0 Å². The van der Waals surface area contributed by atoms with E-state index in [0.29, 0.717) is 11.9 Å². The van der Waals surface area contributed by atoms with Crippen LogP contribution in [-0.4, -0.2) is 40.6 Å². The summed E-state index contributed by atoms with van der Waals surface area (Å²) in [6.07, 6.45) is 5.16.